The summed E-state index contributed by atoms with van der Waals surface area (Å²) in [6, 6.07) is -0.00737. The van der Waals surface area contributed by atoms with E-state index in [-0.39, 0.29) is 29.9 Å². The number of carbonyl (C=O) groups is 2. The fourth-order valence-corrected chi connectivity index (χ4v) is 4.27. The van der Waals surface area contributed by atoms with E-state index in [1.54, 1.807) is 4.90 Å². The maximum atomic E-state index is 12.8. The van der Waals surface area contributed by atoms with Crippen molar-refractivity contribution >= 4 is 23.6 Å². The van der Waals surface area contributed by atoms with Crippen molar-refractivity contribution in [2.75, 3.05) is 26.2 Å². The van der Waals surface area contributed by atoms with Crippen LogP contribution in [0.4, 0.5) is 4.79 Å². The van der Waals surface area contributed by atoms with E-state index < -0.39 is 5.60 Å². The maximum absolute atomic E-state index is 12.8. The zero-order valence-electron chi connectivity index (χ0n) is 17.8. The van der Waals surface area contributed by atoms with Crippen molar-refractivity contribution in [3.05, 3.63) is 16.7 Å². The lowest BCUT2D eigenvalue weighted by Crippen LogP contribution is -2.61. The van der Waals surface area contributed by atoms with Crippen molar-refractivity contribution < 1.29 is 14.3 Å². The first-order valence-corrected chi connectivity index (χ1v) is 10.8. The van der Waals surface area contributed by atoms with Gasteiger partial charge in [0.05, 0.1) is 5.69 Å². The van der Waals surface area contributed by atoms with Crippen LogP contribution >= 0.6 is 11.6 Å². The van der Waals surface area contributed by atoms with Gasteiger partial charge in [-0.2, -0.15) is 0 Å². The van der Waals surface area contributed by atoms with Crippen LogP contribution in [0, 0.1) is 0 Å². The number of aromatic nitrogens is 2. The molecule has 2 unspecified atom stereocenters. The van der Waals surface area contributed by atoms with Gasteiger partial charge in [-0.1, -0.05) is 18.5 Å². The lowest BCUT2D eigenvalue weighted by Gasteiger charge is -2.43. The molecule has 29 heavy (non-hydrogen) atoms. The van der Waals surface area contributed by atoms with Crippen molar-refractivity contribution in [2.24, 2.45) is 0 Å². The number of rotatable bonds is 4. The number of likely N-dealkylation sites (tertiary alicyclic amines) is 2. The van der Waals surface area contributed by atoms with Crippen LogP contribution in [0.1, 0.15) is 63.3 Å². The zero-order chi connectivity index (χ0) is 21.2. The van der Waals surface area contributed by atoms with Gasteiger partial charge in [0.25, 0.3) is 5.91 Å². The van der Waals surface area contributed by atoms with Crippen molar-refractivity contribution in [3.8, 4) is 0 Å². The molecule has 3 rings (SSSR count). The number of nitrogens with zero attached hydrogens (tertiary/aromatic N) is 3. The molecule has 2 fully saturated rings. The normalized spacial score (nSPS) is 23.3. The number of hydrogen-bond acceptors (Lipinski definition) is 5. The number of nitrogens with one attached hydrogen (secondary N) is 2. The van der Waals surface area contributed by atoms with Crippen LogP contribution in [-0.2, 0) is 11.2 Å². The largest absolute Gasteiger partial charge is 0.444 e. The predicted molar refractivity (Wildman–Crippen MR) is 111 cm³/mol. The number of aromatic amines is 1. The van der Waals surface area contributed by atoms with Gasteiger partial charge in [0.1, 0.15) is 5.60 Å². The summed E-state index contributed by atoms with van der Waals surface area (Å²) < 4.78 is 5.55. The first-order chi connectivity index (χ1) is 13.7. The van der Waals surface area contributed by atoms with Crippen molar-refractivity contribution in [1.82, 2.24) is 25.1 Å². The fourth-order valence-electron chi connectivity index (χ4n) is 4.00. The molecule has 0 aromatic carbocycles. The zero-order valence-corrected chi connectivity index (χ0v) is 18.5. The highest BCUT2D eigenvalue weighted by Gasteiger charge is 2.38. The van der Waals surface area contributed by atoms with Gasteiger partial charge < -0.3 is 19.9 Å². The molecule has 2 aliphatic rings. The number of piperidine rings is 1. The van der Waals surface area contributed by atoms with Crippen molar-refractivity contribution in [2.45, 2.75) is 71.1 Å². The van der Waals surface area contributed by atoms with Crippen LogP contribution in [0.15, 0.2) is 0 Å². The number of aryl methyl sites for hydroxylation is 1. The Hall–Kier alpha value is -1.80. The molecule has 3 heterocycles. The van der Waals surface area contributed by atoms with Crippen LogP contribution in [0.3, 0.4) is 0 Å². The van der Waals surface area contributed by atoms with Crippen LogP contribution in [0.25, 0.3) is 0 Å². The molecule has 0 radical (unpaired) electrons. The molecule has 2 aliphatic heterocycles. The highest BCUT2D eigenvalue weighted by Crippen LogP contribution is 2.23. The number of halogens is 1. The Bertz CT molecular complexity index is 739. The molecule has 0 saturated carbocycles. The lowest BCUT2D eigenvalue weighted by atomic mass is 9.98. The number of ether oxygens (including phenoxy) is 1. The molecule has 1 aromatic heterocycles. The molecule has 1 aromatic rings. The minimum atomic E-state index is -0.527. The molecule has 8 nitrogen and oxygen atoms in total. The third-order valence-electron chi connectivity index (χ3n) is 5.46. The van der Waals surface area contributed by atoms with Gasteiger partial charge in [-0.25, -0.2) is 9.78 Å². The predicted octanol–water partition coefficient (Wildman–Crippen LogP) is 2.83. The van der Waals surface area contributed by atoms with Crippen LogP contribution in [-0.4, -0.2) is 75.6 Å². The van der Waals surface area contributed by atoms with Gasteiger partial charge in [-0.15, -0.1) is 0 Å². The highest BCUT2D eigenvalue weighted by atomic mass is 35.5. The van der Waals surface area contributed by atoms with Crippen LogP contribution in [0.2, 0.25) is 5.15 Å². The second kappa shape index (κ2) is 8.92. The monoisotopic (exact) mass is 425 g/mol. The Morgan fingerprint density at radius 3 is 2.55 bits per heavy atom. The van der Waals surface area contributed by atoms with Gasteiger partial charge in [0.15, 0.2) is 11.0 Å². The third kappa shape index (κ3) is 5.42. The summed E-state index contributed by atoms with van der Waals surface area (Å²) in [5.41, 5.74) is 0.230. The first-order valence-electron chi connectivity index (χ1n) is 10.4. The Balaban J connectivity index is 1.70. The fraction of sp³-hybridized carbons (Fsp3) is 0.750. The summed E-state index contributed by atoms with van der Waals surface area (Å²) in [5.74, 6) is -0.0203. The van der Waals surface area contributed by atoms with E-state index >= 15 is 0 Å². The van der Waals surface area contributed by atoms with Crippen molar-refractivity contribution in [1.29, 1.82) is 0 Å². The minimum Gasteiger partial charge on any atom is -0.444 e. The first kappa shape index (κ1) is 21.9. The molecule has 2 N–H and O–H groups in total. The number of H-pyrrole nitrogens is 1. The molecule has 162 valence electrons. The smallest absolute Gasteiger partial charge is 0.410 e. The Kier molecular flexibility index (Phi) is 6.73. The second-order valence-corrected chi connectivity index (χ2v) is 9.17. The van der Waals surface area contributed by atoms with E-state index in [0.29, 0.717) is 31.1 Å². The van der Waals surface area contributed by atoms with Crippen LogP contribution in [0.5, 0.6) is 0 Å². The summed E-state index contributed by atoms with van der Waals surface area (Å²) in [6.07, 6.45) is 3.33. The van der Waals surface area contributed by atoms with E-state index in [1.807, 2.05) is 27.7 Å². The topological polar surface area (TPSA) is 90.6 Å². The Labute approximate surface area is 177 Å². The average molecular weight is 426 g/mol. The van der Waals surface area contributed by atoms with E-state index in [0.717, 1.165) is 31.6 Å². The summed E-state index contributed by atoms with van der Waals surface area (Å²) in [4.78, 5) is 36.6. The minimum absolute atomic E-state index is 0.0544. The van der Waals surface area contributed by atoms with Crippen molar-refractivity contribution in [3.63, 3.8) is 0 Å². The molecule has 2 amide bonds. The average Bonchev–Trinajstić information content (AvgIpc) is 3.30. The highest BCUT2D eigenvalue weighted by molar-refractivity contribution is 6.30. The number of imidazole rings is 1. The number of hydrogen-bond donors (Lipinski definition) is 2. The summed E-state index contributed by atoms with van der Waals surface area (Å²) >= 11 is 6.08. The second-order valence-electron chi connectivity index (χ2n) is 8.81. The van der Waals surface area contributed by atoms with Crippen LogP contribution < -0.4 is 5.32 Å². The summed E-state index contributed by atoms with van der Waals surface area (Å²) in [5, 5.41) is 3.46. The molecule has 0 aliphatic carbocycles. The molecular weight excluding hydrogens is 394 g/mol. The molecule has 0 spiro atoms. The molecular formula is C20H32ClN5O3. The molecule has 9 heteroatoms. The number of amides is 2. The lowest BCUT2D eigenvalue weighted by molar-refractivity contribution is 0.00765. The van der Waals surface area contributed by atoms with Gasteiger partial charge in [0.2, 0.25) is 0 Å². The summed E-state index contributed by atoms with van der Waals surface area (Å²) in [7, 11) is 0. The third-order valence-corrected chi connectivity index (χ3v) is 5.77. The quantitative estimate of drug-likeness (QED) is 0.774. The van der Waals surface area contributed by atoms with E-state index in [4.69, 9.17) is 16.3 Å². The number of carbonyl (C=O) groups excluding carboxylic acids is 2. The SMILES string of the molecule is CCc1[nH]c(C(=O)NC2CCN(C(=O)OC(C)(C)C)CC2N2CCCC2)nc1Cl. The standard InChI is InChI=1S/C20H32ClN5O3/c1-5-13-16(21)24-17(22-13)18(27)23-14-8-11-26(19(28)29-20(2,3)4)12-15(14)25-9-6-7-10-25/h14-15H,5-12H2,1-4H3,(H,22,24)(H,23,27). The molecule has 2 atom stereocenters. The Morgan fingerprint density at radius 2 is 1.97 bits per heavy atom. The van der Waals surface area contributed by atoms with Gasteiger partial charge in [-0.3, -0.25) is 9.69 Å². The van der Waals surface area contributed by atoms with Gasteiger partial charge >= 0.3 is 6.09 Å². The van der Waals surface area contributed by atoms with E-state index in [1.165, 1.54) is 0 Å². The van der Waals surface area contributed by atoms with E-state index in [9.17, 15) is 9.59 Å². The molecule has 2 saturated heterocycles. The van der Waals surface area contributed by atoms with Gasteiger partial charge in [0, 0.05) is 25.2 Å². The summed E-state index contributed by atoms with van der Waals surface area (Å²) in [6.45, 7) is 10.6. The molecule has 0 bridgehead atoms. The Morgan fingerprint density at radius 1 is 1.28 bits per heavy atom. The van der Waals surface area contributed by atoms with Gasteiger partial charge in [-0.05, 0) is 59.5 Å². The van der Waals surface area contributed by atoms with E-state index in [2.05, 4.69) is 20.2 Å². The maximum Gasteiger partial charge on any atom is 0.410 e.